The van der Waals surface area contributed by atoms with Crippen molar-refractivity contribution in [1.82, 2.24) is 0 Å². The maximum atomic E-state index is 8.09. The number of aliphatic hydroxyl groups excluding tert-OH is 2. The fourth-order valence-electron chi connectivity index (χ4n) is 2.78. The van der Waals surface area contributed by atoms with Gasteiger partial charge in [-0.3, -0.25) is 0 Å². The molecule has 0 saturated carbocycles. The van der Waals surface area contributed by atoms with E-state index in [0.717, 1.165) is 31.8 Å². The Bertz CT molecular complexity index is 717. The van der Waals surface area contributed by atoms with E-state index < -0.39 is 0 Å². The minimum absolute atomic E-state index is 0.0998. The summed E-state index contributed by atoms with van der Waals surface area (Å²) >= 11 is 34.0. The quantitative estimate of drug-likeness (QED) is 0.0194. The normalized spacial score (nSPS) is 12.0. The third-order valence-corrected chi connectivity index (χ3v) is 7.30. The second kappa shape index (κ2) is 106. The first-order valence-electron chi connectivity index (χ1n) is 20.4. The van der Waals surface area contributed by atoms with Gasteiger partial charge in [-0.15, -0.1) is 35.3 Å². The van der Waals surface area contributed by atoms with E-state index in [1.165, 1.54) is 0 Å². The molecule has 432 valence electrons. The SMILES string of the molecule is BrP(Br)Br.CCOCCOCOCOC1CCCCO1.COCCOCCl.COCCOCCl.COCCOCOCO.COCCOCOCOCSC.CSCOCBr.CSCOCO.[Br][Zn][Br]. The van der Waals surface area contributed by atoms with Gasteiger partial charge in [0.25, 0.3) is 0 Å². The molecule has 1 unspecified atom stereocenters. The van der Waals surface area contributed by atoms with Gasteiger partial charge < -0.3 is 95.5 Å². The van der Waals surface area contributed by atoms with E-state index in [2.05, 4.69) is 113 Å². The summed E-state index contributed by atoms with van der Waals surface area (Å²) in [5, 5.41) is 16.1. The number of aliphatic hydroxyl groups is 2. The first kappa shape index (κ1) is 91.3. The maximum absolute atomic E-state index is 8.09. The summed E-state index contributed by atoms with van der Waals surface area (Å²) in [4.78, 5) is 0. The van der Waals surface area contributed by atoms with Crippen molar-refractivity contribution in [2.75, 3.05) is 210 Å². The zero-order valence-electron chi connectivity index (χ0n) is 42.0. The Morgan fingerprint density at radius 2 is 0.914 bits per heavy atom. The van der Waals surface area contributed by atoms with Crippen LogP contribution in [0.1, 0.15) is 26.2 Å². The van der Waals surface area contributed by atoms with Crippen LogP contribution in [-0.2, 0) is 98.5 Å². The van der Waals surface area contributed by atoms with Crippen molar-refractivity contribution in [3.05, 3.63) is 0 Å². The Morgan fingerprint density at radius 3 is 1.26 bits per heavy atom. The van der Waals surface area contributed by atoms with Crippen LogP contribution in [0.3, 0.4) is 0 Å². The zero-order chi connectivity index (χ0) is 54.5. The summed E-state index contributed by atoms with van der Waals surface area (Å²) in [6, 6.07) is 0.507. The third kappa shape index (κ3) is 140. The second-order valence-corrected chi connectivity index (χ2v) is 43.3. The average Bonchev–Trinajstić information content (AvgIpc) is 3.36. The molecule has 2 N–H and O–H groups in total. The molecule has 0 spiro atoms. The number of methoxy groups -OCH3 is 4. The number of hydrogen-bond donors (Lipinski definition) is 2. The van der Waals surface area contributed by atoms with E-state index in [-0.39, 0.29) is 83.2 Å². The first-order valence-corrected chi connectivity index (χ1v) is 48.1. The molecule has 0 aromatic carbocycles. The first-order chi connectivity index (χ1) is 34.1. The van der Waals surface area contributed by atoms with E-state index in [1.54, 1.807) is 63.7 Å². The van der Waals surface area contributed by atoms with Crippen LogP contribution < -0.4 is 0 Å². The van der Waals surface area contributed by atoms with Crippen LogP contribution in [0, 0.1) is 0 Å². The molecule has 1 aliphatic heterocycles. The molecule has 1 heterocycles. The van der Waals surface area contributed by atoms with Gasteiger partial charge in [-0.1, -0.05) is 39.1 Å². The Hall–Kier alpha value is 4.76. The summed E-state index contributed by atoms with van der Waals surface area (Å²) in [5.74, 6) is 2.01. The number of hydrogen-bond acceptors (Lipinski definition) is 23. The summed E-state index contributed by atoms with van der Waals surface area (Å²) in [6.45, 7) is 9.87. The van der Waals surface area contributed by atoms with Gasteiger partial charge >= 0.3 is 40.5 Å². The Labute approximate surface area is 497 Å². The number of halogens is 8. The van der Waals surface area contributed by atoms with E-state index >= 15 is 0 Å². The zero-order valence-corrected chi connectivity index (χ0v) is 59.4. The summed E-state index contributed by atoms with van der Waals surface area (Å²) in [5.41, 5.74) is 0.647. The molecule has 0 radical (unpaired) electrons. The topological polar surface area (TPSA) is 207 Å². The molecule has 0 aliphatic carbocycles. The molecule has 1 aliphatic rings. The molecule has 1 fully saturated rings. The Morgan fingerprint density at radius 1 is 0.543 bits per heavy atom. The molecule has 0 bridgehead atoms. The van der Waals surface area contributed by atoms with Crippen molar-refractivity contribution in [3.63, 3.8) is 0 Å². The van der Waals surface area contributed by atoms with Gasteiger partial charge in [0.2, 0.25) is 0 Å². The summed E-state index contributed by atoms with van der Waals surface area (Å²) in [7, 11) is 6.47. The molecule has 20 nitrogen and oxygen atoms in total. The van der Waals surface area contributed by atoms with Crippen molar-refractivity contribution in [3.8, 4) is 0 Å². The van der Waals surface area contributed by atoms with Gasteiger partial charge in [0, 0.05) is 41.7 Å². The van der Waals surface area contributed by atoms with Crippen molar-refractivity contribution in [1.29, 1.82) is 0 Å². The van der Waals surface area contributed by atoms with Crippen LogP contribution in [0.4, 0.5) is 0 Å². The van der Waals surface area contributed by atoms with Gasteiger partial charge in [0.1, 0.15) is 55.6 Å². The number of rotatable bonds is 38. The van der Waals surface area contributed by atoms with E-state index in [9.17, 15) is 0 Å². The molecule has 1 saturated heterocycles. The molecule has 1 rings (SSSR count). The van der Waals surface area contributed by atoms with Crippen molar-refractivity contribution < 1.29 is 109 Å². The Balaban J connectivity index is -0.000000107. The number of ether oxygens (including phenoxy) is 18. The average molecular weight is 1590 g/mol. The predicted octanol–water partition coefficient (Wildman–Crippen LogP) is 10.7. The van der Waals surface area contributed by atoms with Crippen LogP contribution in [0.15, 0.2) is 0 Å². The molecule has 33 heteroatoms. The number of alkyl halides is 3. The fraction of sp³-hybridized carbons (Fsp3) is 1.00. The molecule has 70 heavy (non-hydrogen) atoms. The molecule has 0 amide bonds. The molecular weight excluding hydrogens is 1510 g/mol. The van der Waals surface area contributed by atoms with Crippen LogP contribution >= 0.6 is 152 Å². The predicted molar refractivity (Wildman–Crippen MR) is 305 cm³/mol. The van der Waals surface area contributed by atoms with Crippen LogP contribution in [-0.4, -0.2) is 226 Å². The second-order valence-electron chi connectivity index (χ2n) is 10.6. The van der Waals surface area contributed by atoms with Crippen LogP contribution in [0.25, 0.3) is 0 Å². The Kier molecular flexibility index (Phi) is 138. The summed E-state index contributed by atoms with van der Waals surface area (Å²) in [6.07, 6.45) is 9.02. The van der Waals surface area contributed by atoms with Gasteiger partial charge in [-0.2, -0.15) is 0 Å². The molecule has 0 aromatic rings. The third-order valence-electron chi connectivity index (χ3n) is 5.46. The van der Waals surface area contributed by atoms with E-state index in [4.69, 9.17) is 95.0 Å². The monoisotopic (exact) mass is 1580 g/mol. The minimum atomic E-state index is -0.299. The molecule has 1 atom stereocenters. The standard InChI is InChI=1S/C11H22O5.C7H16O4S.C5H12O4.2C4H9ClO2.C3H7BrOS.C3H8O2S.Br3P.2BrH.Zn/c1-2-12-7-8-13-9-14-10-16-11-5-3-4-6-15-11;1-8-3-4-9-5-10-6-11-7-12-2;1-7-2-3-8-5-9-4-6;2*1-6-2-3-7-4-5;2*1-6-3-5-2-4;1-4(2)3;;;/h11H,2-10H2,1H3;3-7H2,1-2H3;6H,2-5H2,1H3;2*2-4H2,1H3;2-3H2,1H3;4H,2-3H2,1H3;;2*1H;/q;;;;;;;;;;+2/p-2. The van der Waals surface area contributed by atoms with Crippen LogP contribution in [0.5, 0.6) is 0 Å². The molecule has 0 aromatic heterocycles. The van der Waals surface area contributed by atoms with Gasteiger partial charge in [0.15, 0.2) is 19.9 Å². The van der Waals surface area contributed by atoms with Crippen molar-refractivity contribution in [2.24, 2.45) is 0 Å². The van der Waals surface area contributed by atoms with Crippen molar-refractivity contribution >= 4 is 152 Å². The van der Waals surface area contributed by atoms with E-state index in [1.807, 2.05) is 25.7 Å². The van der Waals surface area contributed by atoms with Gasteiger partial charge in [-0.25, -0.2) is 0 Å². The van der Waals surface area contributed by atoms with E-state index in [0.29, 0.717) is 90.1 Å². The molecular formula is C37H83Br6Cl2O20PS3Zn. The van der Waals surface area contributed by atoms with Crippen LogP contribution in [0.2, 0.25) is 0 Å². The van der Waals surface area contributed by atoms with Crippen molar-refractivity contribution in [2.45, 2.75) is 32.5 Å². The van der Waals surface area contributed by atoms with Gasteiger partial charge in [0.05, 0.1) is 83.9 Å². The fourth-order valence-corrected chi connectivity index (χ4v) is 4.10. The van der Waals surface area contributed by atoms with Gasteiger partial charge in [-0.05, 0) is 91.4 Å². The number of thioether (sulfide) groups is 3. The summed E-state index contributed by atoms with van der Waals surface area (Å²) < 4.78 is 87.8.